The van der Waals surface area contributed by atoms with E-state index < -0.39 is 0 Å². The number of nitrogens with zero attached hydrogens (tertiary/aromatic N) is 3. The standard InChI is InChI=1S/C23H22N4O5S/c1-2-30-16-8-5-14(6-9-16)23(29)27-11-3-4-17(27)21-25-26-22(33-21)20(28)24-15-7-10-18-19(12-15)32-13-31-18/h5-10,12,17H,2-4,11,13H2,1H3,(H,24,28)/t17-/m0/s1. The number of anilines is 1. The first-order valence-corrected chi connectivity index (χ1v) is 11.5. The van der Waals surface area contributed by atoms with Crippen LogP contribution in [0.3, 0.4) is 0 Å². The van der Waals surface area contributed by atoms with E-state index in [9.17, 15) is 9.59 Å². The third-order valence-corrected chi connectivity index (χ3v) is 6.50. The van der Waals surface area contributed by atoms with Crippen LogP contribution in [0.15, 0.2) is 42.5 Å². The van der Waals surface area contributed by atoms with Crippen LogP contribution in [0.1, 0.15) is 51.0 Å². The first-order chi connectivity index (χ1) is 16.1. The SMILES string of the molecule is CCOc1ccc(C(=O)N2CCC[C@H]2c2nnc(C(=O)Nc3ccc4c(c3)OCO4)s2)cc1. The van der Waals surface area contributed by atoms with Crippen molar-refractivity contribution in [2.45, 2.75) is 25.8 Å². The molecule has 1 atom stereocenters. The Morgan fingerprint density at radius 2 is 1.97 bits per heavy atom. The van der Waals surface area contributed by atoms with Crippen LogP contribution in [-0.2, 0) is 0 Å². The monoisotopic (exact) mass is 466 g/mol. The van der Waals surface area contributed by atoms with Gasteiger partial charge in [-0.25, -0.2) is 0 Å². The van der Waals surface area contributed by atoms with Crippen molar-refractivity contribution in [3.63, 3.8) is 0 Å². The van der Waals surface area contributed by atoms with Crippen LogP contribution < -0.4 is 19.5 Å². The van der Waals surface area contributed by atoms with E-state index in [1.165, 1.54) is 11.3 Å². The van der Waals surface area contributed by atoms with E-state index in [0.29, 0.717) is 40.9 Å². The van der Waals surface area contributed by atoms with Crippen LogP contribution in [0, 0.1) is 0 Å². The van der Waals surface area contributed by atoms with E-state index in [4.69, 9.17) is 14.2 Å². The minimum absolute atomic E-state index is 0.0675. The van der Waals surface area contributed by atoms with Gasteiger partial charge in [0.25, 0.3) is 11.8 Å². The summed E-state index contributed by atoms with van der Waals surface area (Å²) in [5.41, 5.74) is 1.17. The average molecular weight is 467 g/mol. The molecule has 10 heteroatoms. The summed E-state index contributed by atoms with van der Waals surface area (Å²) in [6.07, 6.45) is 1.65. The second-order valence-electron chi connectivity index (χ2n) is 7.58. The topological polar surface area (TPSA) is 103 Å². The molecule has 9 nitrogen and oxygen atoms in total. The van der Waals surface area contributed by atoms with E-state index in [0.717, 1.165) is 18.6 Å². The van der Waals surface area contributed by atoms with E-state index in [-0.39, 0.29) is 29.7 Å². The van der Waals surface area contributed by atoms with E-state index in [1.54, 1.807) is 47.4 Å². The van der Waals surface area contributed by atoms with Gasteiger partial charge in [0.05, 0.1) is 12.6 Å². The number of hydrogen-bond acceptors (Lipinski definition) is 8. The number of aromatic nitrogens is 2. The summed E-state index contributed by atoms with van der Waals surface area (Å²) >= 11 is 1.20. The number of likely N-dealkylation sites (tertiary alicyclic amines) is 1. The van der Waals surface area contributed by atoms with Gasteiger partial charge in [-0.3, -0.25) is 9.59 Å². The maximum atomic E-state index is 13.1. The second kappa shape index (κ2) is 9.07. The van der Waals surface area contributed by atoms with Gasteiger partial charge < -0.3 is 24.4 Å². The van der Waals surface area contributed by atoms with Crippen molar-refractivity contribution in [1.29, 1.82) is 0 Å². The Bertz CT molecular complexity index is 1180. The summed E-state index contributed by atoms with van der Waals surface area (Å²) < 4.78 is 16.1. The molecule has 2 aromatic carbocycles. The minimum atomic E-state index is -0.361. The van der Waals surface area contributed by atoms with Crippen molar-refractivity contribution in [2.75, 3.05) is 25.3 Å². The normalized spacial score (nSPS) is 16.6. The van der Waals surface area contributed by atoms with E-state index in [2.05, 4.69) is 15.5 Å². The van der Waals surface area contributed by atoms with Gasteiger partial charge in [-0.05, 0) is 56.2 Å². The number of rotatable bonds is 6. The van der Waals surface area contributed by atoms with E-state index >= 15 is 0 Å². The molecular weight excluding hydrogens is 444 g/mol. The molecule has 1 N–H and O–H groups in total. The molecule has 0 unspecified atom stereocenters. The maximum absolute atomic E-state index is 13.1. The van der Waals surface area contributed by atoms with Gasteiger partial charge >= 0.3 is 0 Å². The molecule has 0 radical (unpaired) electrons. The van der Waals surface area contributed by atoms with Crippen molar-refractivity contribution >= 4 is 28.8 Å². The molecule has 2 amide bonds. The Morgan fingerprint density at radius 1 is 1.15 bits per heavy atom. The highest BCUT2D eigenvalue weighted by Crippen LogP contribution is 2.36. The molecule has 2 aliphatic heterocycles. The van der Waals surface area contributed by atoms with Crippen LogP contribution in [0.2, 0.25) is 0 Å². The third kappa shape index (κ3) is 4.34. The fraction of sp³-hybridized carbons (Fsp3) is 0.304. The smallest absolute Gasteiger partial charge is 0.286 e. The van der Waals surface area contributed by atoms with Gasteiger partial charge in [-0.15, -0.1) is 10.2 Å². The summed E-state index contributed by atoms with van der Waals surface area (Å²) in [4.78, 5) is 27.6. The number of benzene rings is 2. The largest absolute Gasteiger partial charge is 0.494 e. The lowest BCUT2D eigenvalue weighted by Crippen LogP contribution is -2.30. The summed E-state index contributed by atoms with van der Waals surface area (Å²) in [6.45, 7) is 3.29. The highest BCUT2D eigenvalue weighted by Gasteiger charge is 2.33. The predicted octanol–water partition coefficient (Wildman–Crippen LogP) is 3.90. The number of carbonyl (C=O) groups is 2. The quantitative estimate of drug-likeness (QED) is 0.588. The van der Waals surface area contributed by atoms with Gasteiger partial charge in [0.15, 0.2) is 11.5 Å². The lowest BCUT2D eigenvalue weighted by Gasteiger charge is -2.22. The molecule has 170 valence electrons. The first kappa shape index (κ1) is 21.2. The molecule has 0 spiro atoms. The van der Waals surface area contributed by atoms with Crippen LogP contribution in [0.4, 0.5) is 5.69 Å². The molecule has 0 bridgehead atoms. The Morgan fingerprint density at radius 3 is 2.79 bits per heavy atom. The van der Waals surface area contributed by atoms with Crippen molar-refractivity contribution < 1.29 is 23.8 Å². The van der Waals surface area contributed by atoms with Crippen molar-refractivity contribution in [3.05, 3.63) is 58.0 Å². The van der Waals surface area contributed by atoms with Gasteiger partial charge in [0, 0.05) is 23.9 Å². The van der Waals surface area contributed by atoms with Gasteiger partial charge in [-0.2, -0.15) is 0 Å². The van der Waals surface area contributed by atoms with Gasteiger partial charge in [0.1, 0.15) is 10.8 Å². The summed E-state index contributed by atoms with van der Waals surface area (Å²) in [6, 6.07) is 12.1. The highest BCUT2D eigenvalue weighted by molar-refractivity contribution is 7.13. The zero-order valence-corrected chi connectivity index (χ0v) is 18.8. The lowest BCUT2D eigenvalue weighted by atomic mass is 10.1. The van der Waals surface area contributed by atoms with Crippen molar-refractivity contribution in [3.8, 4) is 17.2 Å². The molecule has 3 aromatic rings. The zero-order chi connectivity index (χ0) is 22.8. The minimum Gasteiger partial charge on any atom is -0.494 e. The van der Waals surface area contributed by atoms with Crippen LogP contribution in [-0.4, -0.2) is 46.9 Å². The maximum Gasteiger partial charge on any atom is 0.286 e. The zero-order valence-electron chi connectivity index (χ0n) is 17.9. The molecule has 2 aliphatic rings. The Balaban J connectivity index is 1.28. The highest BCUT2D eigenvalue weighted by atomic mass is 32.1. The Labute approximate surface area is 194 Å². The molecule has 1 fully saturated rings. The average Bonchev–Trinajstić information content (AvgIpc) is 3.59. The number of ether oxygens (including phenoxy) is 3. The van der Waals surface area contributed by atoms with Crippen molar-refractivity contribution in [2.24, 2.45) is 0 Å². The number of amides is 2. The number of hydrogen-bond donors (Lipinski definition) is 1. The summed E-state index contributed by atoms with van der Waals surface area (Å²) in [7, 11) is 0. The molecule has 0 aliphatic carbocycles. The molecule has 5 rings (SSSR count). The summed E-state index contributed by atoms with van der Waals surface area (Å²) in [5, 5.41) is 12.0. The fourth-order valence-electron chi connectivity index (χ4n) is 3.91. The number of carbonyl (C=O) groups excluding carboxylic acids is 2. The fourth-order valence-corrected chi connectivity index (χ4v) is 4.80. The molecular formula is C23H22N4O5S. The Hall–Kier alpha value is -3.66. The van der Waals surface area contributed by atoms with Crippen LogP contribution in [0.5, 0.6) is 17.2 Å². The molecule has 0 saturated carbocycles. The summed E-state index contributed by atoms with van der Waals surface area (Å²) in [5.74, 6) is 1.53. The molecule has 1 saturated heterocycles. The van der Waals surface area contributed by atoms with Crippen LogP contribution in [0.25, 0.3) is 0 Å². The van der Waals surface area contributed by atoms with E-state index in [1.807, 2.05) is 6.92 Å². The first-order valence-electron chi connectivity index (χ1n) is 10.7. The molecule has 33 heavy (non-hydrogen) atoms. The van der Waals surface area contributed by atoms with Crippen molar-refractivity contribution in [1.82, 2.24) is 15.1 Å². The Kier molecular flexibility index (Phi) is 5.82. The number of fused-ring (bicyclic) bond motifs is 1. The third-order valence-electron chi connectivity index (χ3n) is 5.48. The second-order valence-corrected chi connectivity index (χ2v) is 8.59. The predicted molar refractivity (Wildman–Crippen MR) is 121 cm³/mol. The van der Waals surface area contributed by atoms with Crippen LogP contribution >= 0.6 is 11.3 Å². The van der Waals surface area contributed by atoms with Gasteiger partial charge in [-0.1, -0.05) is 11.3 Å². The number of nitrogens with one attached hydrogen (secondary N) is 1. The lowest BCUT2D eigenvalue weighted by molar-refractivity contribution is 0.0735. The van der Waals surface area contributed by atoms with Gasteiger partial charge in [0.2, 0.25) is 11.8 Å². The molecule has 3 heterocycles. The molecule has 1 aromatic heterocycles.